The zero-order valence-corrected chi connectivity index (χ0v) is 74.2. The molecule has 2 atom stereocenters. The van der Waals surface area contributed by atoms with Crippen molar-refractivity contribution in [1.82, 2.24) is 10.6 Å². The van der Waals surface area contributed by atoms with E-state index >= 15 is 0 Å². The summed E-state index contributed by atoms with van der Waals surface area (Å²) in [5, 5.41) is 5.45. The third-order valence-electron chi connectivity index (χ3n) is 13.3. The average molecular weight is 1480 g/mol. The first-order valence-corrected chi connectivity index (χ1v) is 41.6. The lowest BCUT2D eigenvalue weighted by atomic mass is 9.88. The molecule has 0 aromatic rings. The van der Waals surface area contributed by atoms with Crippen molar-refractivity contribution < 1.29 is 74.4 Å². The number of amides is 2. The van der Waals surface area contributed by atoms with Gasteiger partial charge in [0.1, 0.15) is 6.61 Å². The van der Waals surface area contributed by atoms with Crippen molar-refractivity contribution in [3.05, 3.63) is 0 Å². The highest BCUT2D eigenvalue weighted by molar-refractivity contribution is 7.98. The van der Waals surface area contributed by atoms with Crippen LogP contribution in [0.15, 0.2) is 0 Å². The van der Waals surface area contributed by atoms with Crippen LogP contribution in [-0.2, 0) is 76.1 Å². The molecule has 0 aliphatic heterocycles. The summed E-state index contributed by atoms with van der Waals surface area (Å²) in [6.07, 6.45) is 28.8. The van der Waals surface area contributed by atoms with Crippen molar-refractivity contribution in [3.63, 3.8) is 0 Å². The van der Waals surface area contributed by atoms with E-state index in [0.717, 1.165) is 77.2 Å². The second kappa shape index (κ2) is 109. The van der Waals surface area contributed by atoms with Crippen LogP contribution in [0.25, 0.3) is 0 Å². The fourth-order valence-corrected chi connectivity index (χ4v) is 6.06. The summed E-state index contributed by atoms with van der Waals surface area (Å²) in [6.45, 7) is 67.0. The Kier molecular flexibility index (Phi) is 140. The fourth-order valence-electron chi connectivity index (χ4n) is 5.23. The summed E-state index contributed by atoms with van der Waals surface area (Å²) in [4.78, 5) is 41.2. The molecule has 2 N–H and O–H groups in total. The Morgan fingerprint density at radius 3 is 1.23 bits per heavy atom. The first-order chi connectivity index (χ1) is 46.4. The molecule has 0 aromatic carbocycles. The van der Waals surface area contributed by atoms with E-state index in [0.29, 0.717) is 69.2 Å². The van der Waals surface area contributed by atoms with E-state index in [1.54, 1.807) is 42.3 Å². The third-order valence-corrected chi connectivity index (χ3v) is 14.7. The van der Waals surface area contributed by atoms with Crippen molar-refractivity contribution >= 4 is 45.6 Å². The monoisotopic (exact) mass is 1480 g/mol. The van der Waals surface area contributed by atoms with Crippen LogP contribution in [0.2, 0.25) is 0 Å². The maximum absolute atomic E-state index is 10.7. The van der Waals surface area contributed by atoms with Gasteiger partial charge < -0.3 is 53.3 Å². The summed E-state index contributed by atoms with van der Waals surface area (Å²) in [5.41, 5.74) is 0.583. The van der Waals surface area contributed by atoms with Gasteiger partial charge in [-0.15, -0.1) is 0 Å². The van der Waals surface area contributed by atoms with Gasteiger partial charge in [-0.3, -0.25) is 23.4 Å². The third kappa shape index (κ3) is 178. The van der Waals surface area contributed by atoms with Crippen molar-refractivity contribution in [3.8, 4) is 0 Å². The van der Waals surface area contributed by atoms with Gasteiger partial charge in [0.2, 0.25) is 11.8 Å². The lowest BCUT2D eigenvalue weighted by Gasteiger charge is -2.20. The molecule has 99 heavy (non-hydrogen) atoms. The van der Waals surface area contributed by atoms with E-state index in [4.69, 9.17) is 28.4 Å². The van der Waals surface area contributed by atoms with Crippen LogP contribution >= 0.6 is 11.8 Å². The smallest absolute Gasteiger partial charge is 0.305 e. The van der Waals surface area contributed by atoms with Crippen LogP contribution in [0.4, 0.5) is 0 Å². The standard InChI is InChI=1S/C12H26O2.C10H22.C7H15NO.C7H16.C6H12O3.C6H14O2.C5H11NO.C5H12O2.C5H10O2.C5H12.C4H10S.C4H10.C3H8O3S/c1-9(2)7-13-11(5)8-14-12(6)10(3)4;1-4-7-8-9-10(5-2)6-3;1-3-5-7(9)8-6-4-2;1-5-7(3,4)6-2;1-3-6(7)9-5-4-8-2;1-3-4-8-6-5-7-2;1-3-4-6-5(2)7;1-5(2,6-3)7-4;1-3-4-7-5(2)6;1-3-5-4-2;1-3-4-5-2;1-3-4-2;1-3-6-7(2,4)5/h9-12H,7-8H2,1-6H3;10H,4-9H2,1-3H3;3-6H2,1-2H3,(H,8,9);5-6H2,1-4H3;3-5H2,1-2H3;3-6H2,1-2H3;3-4H2,1-2H3,(H,6,7);1-4H3;3-4H2,1-2H3;3-5H2,1-2H3;3-4H2,1-2H3;3-4H2,1-2H3;3H2,1-2H3. The number of rotatable bonds is 41. The van der Waals surface area contributed by atoms with E-state index in [2.05, 4.69) is 167 Å². The Bertz CT molecular complexity index is 1490. The van der Waals surface area contributed by atoms with Crippen molar-refractivity contribution in [1.29, 1.82) is 0 Å². The van der Waals surface area contributed by atoms with E-state index < -0.39 is 15.9 Å². The van der Waals surface area contributed by atoms with Gasteiger partial charge in [-0.05, 0) is 108 Å². The summed E-state index contributed by atoms with van der Waals surface area (Å²) >= 11 is 1.90. The molecule has 18 nitrogen and oxygen atoms in total. The first-order valence-electron chi connectivity index (χ1n) is 38.4. The van der Waals surface area contributed by atoms with Crippen molar-refractivity contribution in [2.45, 2.75) is 354 Å². The Hall–Kier alpha value is -2.14. The van der Waals surface area contributed by atoms with Gasteiger partial charge in [-0.25, -0.2) is 0 Å². The van der Waals surface area contributed by atoms with Gasteiger partial charge >= 0.3 is 11.9 Å². The minimum Gasteiger partial charge on any atom is -0.466 e. The summed E-state index contributed by atoms with van der Waals surface area (Å²) in [6, 6.07) is 0. The number of esters is 2. The first kappa shape index (κ1) is 127. The zero-order valence-electron chi connectivity index (χ0n) is 72.6. The second-order valence-electron chi connectivity index (χ2n) is 25.2. The van der Waals surface area contributed by atoms with E-state index in [1.165, 1.54) is 109 Å². The number of carbonyl (C=O) groups is 4. The lowest BCUT2D eigenvalue weighted by molar-refractivity contribution is -0.178. The van der Waals surface area contributed by atoms with Crippen molar-refractivity contribution in [2.24, 2.45) is 23.2 Å². The second-order valence-corrected chi connectivity index (χ2v) is 27.9. The molecule has 0 radical (unpaired) electrons. The molecule has 0 rings (SSSR count). The van der Waals surface area contributed by atoms with E-state index in [9.17, 15) is 27.6 Å². The summed E-state index contributed by atoms with van der Waals surface area (Å²) in [7, 11) is 3.30. The molecule has 0 saturated heterocycles. The maximum atomic E-state index is 10.7. The zero-order chi connectivity index (χ0) is 80.2. The maximum Gasteiger partial charge on any atom is 0.305 e. The molecule has 0 aliphatic rings. The normalized spacial score (nSPS) is 10.7. The molecule has 20 heteroatoms. The van der Waals surface area contributed by atoms with Crippen molar-refractivity contribution in [2.75, 3.05) is 119 Å². The van der Waals surface area contributed by atoms with Gasteiger partial charge in [-0.2, -0.15) is 20.2 Å². The summed E-state index contributed by atoms with van der Waals surface area (Å²) in [5.74, 6) is 2.94. The Morgan fingerprint density at radius 1 is 0.515 bits per heavy atom. The molecule has 0 bridgehead atoms. The fraction of sp³-hybridized carbons (Fsp3) is 0.949. The average Bonchev–Trinajstić information content (AvgIpc) is 2.79. The van der Waals surface area contributed by atoms with E-state index in [-0.39, 0.29) is 36.5 Å². The number of methoxy groups -OCH3 is 4. The minimum atomic E-state index is -3.17. The van der Waals surface area contributed by atoms with Gasteiger partial charge in [0.15, 0.2) is 5.79 Å². The highest BCUT2D eigenvalue weighted by atomic mass is 32.2. The van der Waals surface area contributed by atoms with Crippen LogP contribution in [0, 0.1) is 23.2 Å². The molecule has 2 unspecified atom stereocenters. The van der Waals surface area contributed by atoms with Gasteiger partial charge in [0, 0.05) is 81.4 Å². The molecule has 0 heterocycles. The van der Waals surface area contributed by atoms with Crippen LogP contribution in [-0.4, -0.2) is 169 Å². The largest absolute Gasteiger partial charge is 0.466 e. The van der Waals surface area contributed by atoms with Crippen LogP contribution in [0.5, 0.6) is 0 Å². The lowest BCUT2D eigenvalue weighted by Crippen LogP contribution is -2.24. The van der Waals surface area contributed by atoms with Gasteiger partial charge in [0.05, 0.1) is 58.1 Å². The number of ether oxygens (including phenoxy) is 9. The molecule has 0 spiro atoms. The number of hydrogen-bond donors (Lipinski definition) is 2. The van der Waals surface area contributed by atoms with Crippen LogP contribution in [0.1, 0.15) is 336 Å². The number of thioether (sulfide) groups is 1. The highest BCUT2D eigenvalue weighted by Crippen LogP contribution is 2.23. The molecular formula is C79H178N2O16S2. The van der Waals surface area contributed by atoms with Crippen LogP contribution < -0.4 is 10.6 Å². The minimum absolute atomic E-state index is 0.0573. The number of hydrogen-bond acceptors (Lipinski definition) is 17. The SMILES string of the molecule is CC(C)COC(C)COC(C)C(C)C.CCC(=O)OCCOC.CCC(C)(C)CC.CCCC.CCCCC.CCCCCC(CC)CC.CCCNC(=O)CCC.CCCNC(C)=O.CCCOC(C)=O.CCCOCCOC.CCCSC.CCOS(C)(=O)=O.COC(C)(C)OC. The Morgan fingerprint density at radius 2 is 0.990 bits per heavy atom. The molecule has 2 amide bonds. The summed E-state index contributed by atoms with van der Waals surface area (Å²) < 4.78 is 69.0. The van der Waals surface area contributed by atoms with Gasteiger partial charge in [-0.1, -0.05) is 236 Å². The van der Waals surface area contributed by atoms with E-state index in [1.807, 2.05) is 53.3 Å². The van der Waals surface area contributed by atoms with Crippen LogP contribution in [0.3, 0.4) is 0 Å². The molecule has 0 aromatic heterocycles. The molecule has 612 valence electrons. The topological polar surface area (TPSA) is 219 Å². The number of nitrogens with one attached hydrogen (secondary N) is 2. The Balaban J connectivity index is -0.0000000744. The predicted molar refractivity (Wildman–Crippen MR) is 432 cm³/mol. The molecule has 0 fully saturated rings. The molecular weight excluding hydrogens is 1300 g/mol. The predicted octanol–water partition coefficient (Wildman–Crippen LogP) is 21.2. The highest BCUT2D eigenvalue weighted by Gasteiger charge is 2.13. The number of carbonyl (C=O) groups excluding carboxylic acids is 4. The van der Waals surface area contributed by atoms with Gasteiger partial charge in [0.25, 0.3) is 10.1 Å². The molecule has 0 aliphatic carbocycles. The number of unbranched alkanes of at least 4 members (excludes halogenated alkanes) is 5. The Labute approximate surface area is 623 Å². The molecule has 0 saturated carbocycles. The quantitative estimate of drug-likeness (QED) is 0.0252.